The number of hydrogen-bond donors (Lipinski definition) is 1. The topological polar surface area (TPSA) is 80.7 Å². The molecule has 0 saturated heterocycles. The van der Waals surface area contributed by atoms with E-state index >= 15 is 0 Å². The molecule has 2 aromatic rings. The molecule has 3 rings (SSSR count). The Morgan fingerprint density at radius 3 is 2.39 bits per heavy atom. The van der Waals surface area contributed by atoms with Gasteiger partial charge in [-0.2, -0.15) is 0 Å². The Kier molecular flexibility index (Phi) is 6.57. The quantitative estimate of drug-likeness (QED) is 0.661. The van der Waals surface area contributed by atoms with Gasteiger partial charge in [0.2, 0.25) is 0 Å². The summed E-state index contributed by atoms with van der Waals surface area (Å²) >= 11 is 17.9. The van der Waals surface area contributed by atoms with Gasteiger partial charge in [-0.1, -0.05) is 53.0 Å². The van der Waals surface area contributed by atoms with Crippen molar-refractivity contribution in [2.24, 2.45) is 5.92 Å². The van der Waals surface area contributed by atoms with Crippen LogP contribution in [0.3, 0.4) is 0 Å². The minimum atomic E-state index is -3.78. The summed E-state index contributed by atoms with van der Waals surface area (Å²) in [6.07, 6.45) is -0.699. The van der Waals surface area contributed by atoms with Crippen LogP contribution in [-0.4, -0.2) is 30.8 Å². The fraction of sp³-hybridized carbons (Fsp3) is 0.316. The van der Waals surface area contributed by atoms with E-state index in [0.29, 0.717) is 10.0 Å². The van der Waals surface area contributed by atoms with Crippen molar-refractivity contribution in [3.05, 3.63) is 63.1 Å². The van der Waals surface area contributed by atoms with Gasteiger partial charge in [0.05, 0.1) is 43.8 Å². The normalized spacial score (nSPS) is 22.3. The van der Waals surface area contributed by atoms with Gasteiger partial charge < -0.3 is 9.84 Å². The van der Waals surface area contributed by atoms with Crippen LogP contribution in [0.2, 0.25) is 15.1 Å². The molecule has 1 N–H and O–H groups in total. The molecule has 0 bridgehead atoms. The van der Waals surface area contributed by atoms with Crippen LogP contribution in [0, 0.1) is 5.92 Å². The van der Waals surface area contributed by atoms with Gasteiger partial charge in [0, 0.05) is 0 Å². The number of carbonyl (C=O) groups is 1. The molecular formula is C19H17Cl3O5S. The molecule has 3 unspecified atom stereocenters. The van der Waals surface area contributed by atoms with Crippen molar-refractivity contribution in [3.63, 3.8) is 0 Å². The van der Waals surface area contributed by atoms with Crippen molar-refractivity contribution in [1.29, 1.82) is 0 Å². The van der Waals surface area contributed by atoms with Crippen molar-refractivity contribution in [2.45, 2.75) is 35.7 Å². The SMILES string of the molecule is O=C(O)C1CC(S(=O)(=O)c2ccccc2Cl)CC1OCc1ccc(Cl)c(Cl)c1. The van der Waals surface area contributed by atoms with E-state index in [1.807, 2.05) is 0 Å². The van der Waals surface area contributed by atoms with Crippen LogP contribution in [0.1, 0.15) is 18.4 Å². The Morgan fingerprint density at radius 2 is 1.75 bits per heavy atom. The summed E-state index contributed by atoms with van der Waals surface area (Å²) in [5.74, 6) is -2.01. The standard InChI is InChI=1S/C19H17Cl3O5S/c20-14-6-5-11(7-16(14)22)10-27-17-9-12(8-13(17)19(23)24)28(25,26)18-4-2-1-3-15(18)21/h1-7,12-13,17H,8-10H2,(H,23,24). The number of aliphatic carboxylic acids is 1. The van der Waals surface area contributed by atoms with Gasteiger partial charge in [-0.05, 0) is 42.7 Å². The van der Waals surface area contributed by atoms with Gasteiger partial charge >= 0.3 is 5.97 Å². The second kappa shape index (κ2) is 8.59. The summed E-state index contributed by atoms with van der Waals surface area (Å²) in [6.45, 7) is 0.101. The fourth-order valence-corrected chi connectivity index (χ4v) is 5.99. The van der Waals surface area contributed by atoms with Crippen molar-refractivity contribution in [2.75, 3.05) is 0 Å². The van der Waals surface area contributed by atoms with E-state index in [-0.39, 0.29) is 29.4 Å². The highest BCUT2D eigenvalue weighted by Gasteiger charge is 2.45. The largest absolute Gasteiger partial charge is 0.481 e. The molecule has 0 aromatic heterocycles. The van der Waals surface area contributed by atoms with Crippen molar-refractivity contribution in [1.82, 2.24) is 0 Å². The average Bonchev–Trinajstić information content (AvgIpc) is 3.08. The molecule has 1 aliphatic rings. The van der Waals surface area contributed by atoms with Crippen LogP contribution in [0.4, 0.5) is 0 Å². The van der Waals surface area contributed by atoms with Crippen LogP contribution in [0.15, 0.2) is 47.4 Å². The Hall–Kier alpha value is -1.31. The number of carboxylic acid groups (broad SMARTS) is 1. The minimum absolute atomic E-state index is 0.0101. The van der Waals surface area contributed by atoms with Gasteiger partial charge in [-0.15, -0.1) is 0 Å². The molecule has 1 saturated carbocycles. The number of sulfone groups is 1. The molecule has 150 valence electrons. The lowest BCUT2D eigenvalue weighted by Crippen LogP contribution is -2.25. The molecule has 2 aromatic carbocycles. The number of benzene rings is 2. The predicted octanol–water partition coefficient (Wildman–Crippen LogP) is 4.87. The van der Waals surface area contributed by atoms with Crippen LogP contribution in [0.5, 0.6) is 0 Å². The molecule has 28 heavy (non-hydrogen) atoms. The summed E-state index contributed by atoms with van der Waals surface area (Å²) in [4.78, 5) is 11.7. The molecule has 1 fully saturated rings. The third kappa shape index (κ3) is 4.47. The molecule has 3 atom stereocenters. The van der Waals surface area contributed by atoms with E-state index < -0.39 is 33.1 Å². The Balaban J connectivity index is 1.78. The summed E-state index contributed by atoms with van der Waals surface area (Å²) in [5, 5.41) is 9.54. The predicted molar refractivity (Wildman–Crippen MR) is 108 cm³/mol. The van der Waals surface area contributed by atoms with Gasteiger partial charge in [-0.3, -0.25) is 4.79 Å². The Labute approximate surface area is 178 Å². The molecule has 0 radical (unpaired) electrons. The first-order valence-electron chi connectivity index (χ1n) is 8.47. The van der Waals surface area contributed by atoms with Crippen molar-refractivity contribution >= 4 is 50.6 Å². The van der Waals surface area contributed by atoms with Crippen LogP contribution >= 0.6 is 34.8 Å². The molecule has 9 heteroatoms. The molecule has 1 aliphatic carbocycles. The lowest BCUT2D eigenvalue weighted by atomic mass is 10.1. The maximum Gasteiger partial charge on any atom is 0.309 e. The zero-order chi connectivity index (χ0) is 20.5. The Bertz CT molecular complexity index is 993. The van der Waals surface area contributed by atoms with Crippen LogP contribution in [0.25, 0.3) is 0 Å². The number of hydrogen-bond acceptors (Lipinski definition) is 4. The number of rotatable bonds is 6. The summed E-state index contributed by atoms with van der Waals surface area (Å²) in [6, 6.07) is 11.1. The van der Waals surface area contributed by atoms with Gasteiger partial charge in [0.15, 0.2) is 9.84 Å². The molecule has 5 nitrogen and oxygen atoms in total. The molecule has 0 amide bonds. The summed E-state index contributed by atoms with van der Waals surface area (Å²) in [7, 11) is -3.78. The molecular weight excluding hydrogens is 447 g/mol. The first-order valence-corrected chi connectivity index (χ1v) is 11.1. The van der Waals surface area contributed by atoms with E-state index in [0.717, 1.165) is 5.56 Å². The first kappa shape index (κ1) is 21.4. The van der Waals surface area contributed by atoms with Crippen molar-refractivity contribution < 1.29 is 23.1 Å². The zero-order valence-corrected chi connectivity index (χ0v) is 17.6. The van der Waals surface area contributed by atoms with Crippen molar-refractivity contribution in [3.8, 4) is 0 Å². The van der Waals surface area contributed by atoms with Gasteiger partial charge in [-0.25, -0.2) is 8.42 Å². The second-order valence-corrected chi connectivity index (χ2v) is 10.0. The van der Waals surface area contributed by atoms with E-state index in [1.165, 1.54) is 12.1 Å². The first-order chi connectivity index (χ1) is 13.2. The molecule has 0 heterocycles. The third-order valence-corrected chi connectivity index (χ3v) is 8.22. The molecule has 0 aliphatic heterocycles. The van der Waals surface area contributed by atoms with E-state index in [2.05, 4.69) is 0 Å². The number of ether oxygens (including phenoxy) is 1. The smallest absolute Gasteiger partial charge is 0.309 e. The van der Waals surface area contributed by atoms with Gasteiger partial charge in [0.25, 0.3) is 0 Å². The monoisotopic (exact) mass is 462 g/mol. The maximum atomic E-state index is 13.0. The third-order valence-electron chi connectivity index (χ3n) is 4.81. The zero-order valence-electron chi connectivity index (χ0n) is 14.5. The van der Waals surface area contributed by atoms with Crippen LogP contribution in [-0.2, 0) is 26.0 Å². The fourth-order valence-electron chi connectivity index (χ4n) is 3.34. The maximum absolute atomic E-state index is 13.0. The Morgan fingerprint density at radius 1 is 1.04 bits per heavy atom. The van der Waals surface area contributed by atoms with E-state index in [4.69, 9.17) is 39.5 Å². The summed E-state index contributed by atoms with van der Waals surface area (Å²) in [5.41, 5.74) is 0.718. The number of halogens is 3. The lowest BCUT2D eigenvalue weighted by Gasteiger charge is -2.17. The highest BCUT2D eigenvalue weighted by Crippen LogP contribution is 2.38. The van der Waals surface area contributed by atoms with Crippen LogP contribution < -0.4 is 0 Å². The highest BCUT2D eigenvalue weighted by molar-refractivity contribution is 7.92. The summed E-state index contributed by atoms with van der Waals surface area (Å²) < 4.78 is 31.7. The second-order valence-electron chi connectivity index (χ2n) is 6.61. The van der Waals surface area contributed by atoms with Gasteiger partial charge in [0.1, 0.15) is 0 Å². The minimum Gasteiger partial charge on any atom is -0.481 e. The average molecular weight is 464 g/mol. The van der Waals surface area contributed by atoms with E-state index in [9.17, 15) is 18.3 Å². The molecule has 0 spiro atoms. The number of carboxylic acids is 1. The van der Waals surface area contributed by atoms with E-state index in [1.54, 1.807) is 30.3 Å². The lowest BCUT2D eigenvalue weighted by molar-refractivity contribution is -0.146. The highest BCUT2D eigenvalue weighted by atomic mass is 35.5.